The lowest BCUT2D eigenvalue weighted by Crippen LogP contribution is -2.04. The van der Waals surface area contributed by atoms with Crippen molar-refractivity contribution in [3.8, 4) is 0 Å². The lowest BCUT2D eigenvalue weighted by Gasteiger charge is -2.03. The Morgan fingerprint density at radius 3 is 2.45 bits per heavy atom. The van der Waals surface area contributed by atoms with Crippen LogP contribution in [0.3, 0.4) is 0 Å². The topological polar surface area (TPSA) is 65.7 Å². The predicted octanol–water partition coefficient (Wildman–Crippen LogP) is 3.19. The average Bonchev–Trinajstić information content (AvgIpc) is 2.93. The molecule has 5 nitrogen and oxygen atoms in total. The maximum Gasteiger partial charge on any atom is 0.373 e. The minimum atomic E-state index is -0.574. The molecular weight excluding hydrogens is 328 g/mol. The molecule has 0 N–H and O–H groups in total. The molecule has 0 atom stereocenters. The number of furan rings is 1. The van der Waals surface area contributed by atoms with Gasteiger partial charge in [-0.15, -0.1) is 0 Å². The van der Waals surface area contributed by atoms with Gasteiger partial charge in [-0.25, -0.2) is 9.59 Å². The predicted molar refractivity (Wildman–Crippen MR) is 73.3 cm³/mol. The van der Waals surface area contributed by atoms with Crippen molar-refractivity contribution in [2.45, 2.75) is 6.61 Å². The molecule has 0 amide bonds. The summed E-state index contributed by atoms with van der Waals surface area (Å²) >= 11 is 3.28. The number of hydrogen-bond acceptors (Lipinski definition) is 5. The number of carbonyl (C=O) groups excluding carboxylic acids is 2. The van der Waals surface area contributed by atoms with Gasteiger partial charge in [-0.3, -0.25) is 0 Å². The van der Waals surface area contributed by atoms with Crippen molar-refractivity contribution in [1.82, 2.24) is 0 Å². The first-order chi connectivity index (χ1) is 9.60. The van der Waals surface area contributed by atoms with Crippen LogP contribution < -0.4 is 0 Å². The molecule has 6 heteroatoms. The molecule has 20 heavy (non-hydrogen) atoms. The van der Waals surface area contributed by atoms with E-state index in [0.717, 1.165) is 4.47 Å². The molecule has 0 saturated heterocycles. The minimum absolute atomic E-state index is 0.0497. The molecule has 0 fully saturated rings. The van der Waals surface area contributed by atoms with E-state index in [9.17, 15) is 9.59 Å². The Morgan fingerprint density at radius 2 is 1.80 bits per heavy atom. The van der Waals surface area contributed by atoms with Crippen molar-refractivity contribution in [2.75, 3.05) is 7.11 Å². The van der Waals surface area contributed by atoms with Crippen LogP contribution in [0.15, 0.2) is 45.3 Å². The van der Waals surface area contributed by atoms with Crippen LogP contribution in [0, 0.1) is 0 Å². The second-order valence-corrected chi connectivity index (χ2v) is 4.76. The van der Waals surface area contributed by atoms with E-state index < -0.39 is 11.9 Å². The van der Waals surface area contributed by atoms with Crippen LogP contribution >= 0.6 is 15.9 Å². The third kappa shape index (κ3) is 3.48. The summed E-state index contributed by atoms with van der Waals surface area (Å²) in [6.45, 7) is -0.0497. The van der Waals surface area contributed by atoms with Gasteiger partial charge in [0.1, 0.15) is 12.4 Å². The highest BCUT2D eigenvalue weighted by molar-refractivity contribution is 9.10. The molecule has 1 aromatic carbocycles. The SMILES string of the molecule is COC(=O)c1ccc(COC(=O)c2ccc(Br)cc2)o1. The van der Waals surface area contributed by atoms with Gasteiger partial charge in [0.2, 0.25) is 5.76 Å². The molecule has 0 saturated carbocycles. The molecule has 1 heterocycles. The number of benzene rings is 1. The summed E-state index contributed by atoms with van der Waals surface area (Å²) in [6.07, 6.45) is 0. The number of esters is 2. The molecule has 0 unspecified atom stereocenters. The lowest BCUT2D eigenvalue weighted by molar-refractivity contribution is 0.0438. The highest BCUT2D eigenvalue weighted by atomic mass is 79.9. The number of carbonyl (C=O) groups is 2. The van der Waals surface area contributed by atoms with Gasteiger partial charge in [0.05, 0.1) is 12.7 Å². The lowest BCUT2D eigenvalue weighted by atomic mass is 10.2. The van der Waals surface area contributed by atoms with E-state index in [1.165, 1.54) is 13.2 Å². The molecule has 0 aliphatic heterocycles. The van der Waals surface area contributed by atoms with Gasteiger partial charge in [-0.2, -0.15) is 0 Å². The Kier molecular flexibility index (Phi) is 4.57. The first-order valence-corrected chi connectivity index (χ1v) is 6.49. The summed E-state index contributed by atoms with van der Waals surface area (Å²) in [6, 6.07) is 9.82. The zero-order valence-electron chi connectivity index (χ0n) is 10.6. The Morgan fingerprint density at radius 1 is 1.10 bits per heavy atom. The largest absolute Gasteiger partial charge is 0.463 e. The first kappa shape index (κ1) is 14.3. The van der Waals surface area contributed by atoms with Crippen molar-refractivity contribution in [3.63, 3.8) is 0 Å². The fourth-order valence-corrected chi connectivity index (χ4v) is 1.74. The number of ether oxygens (including phenoxy) is 2. The zero-order valence-corrected chi connectivity index (χ0v) is 12.2. The molecule has 2 aromatic rings. The number of hydrogen-bond donors (Lipinski definition) is 0. The number of halogens is 1. The molecule has 0 radical (unpaired) electrons. The van der Waals surface area contributed by atoms with Crippen LogP contribution in [0.5, 0.6) is 0 Å². The van der Waals surface area contributed by atoms with Gasteiger partial charge < -0.3 is 13.9 Å². The standard InChI is InChI=1S/C14H11BrO5/c1-18-14(17)12-7-6-11(20-12)8-19-13(16)9-2-4-10(15)5-3-9/h2-7H,8H2,1H3. The molecule has 0 aliphatic carbocycles. The van der Waals surface area contributed by atoms with E-state index in [1.54, 1.807) is 30.3 Å². The molecule has 0 spiro atoms. The van der Waals surface area contributed by atoms with E-state index in [2.05, 4.69) is 20.7 Å². The van der Waals surface area contributed by atoms with Gasteiger partial charge in [-0.1, -0.05) is 15.9 Å². The van der Waals surface area contributed by atoms with Crippen molar-refractivity contribution in [2.24, 2.45) is 0 Å². The van der Waals surface area contributed by atoms with Crippen LogP contribution in [0.25, 0.3) is 0 Å². The average molecular weight is 339 g/mol. The first-order valence-electron chi connectivity index (χ1n) is 5.70. The van der Waals surface area contributed by atoms with Gasteiger partial charge in [-0.05, 0) is 36.4 Å². The molecule has 104 valence electrons. The maximum atomic E-state index is 11.8. The van der Waals surface area contributed by atoms with Crippen molar-refractivity contribution in [3.05, 3.63) is 58.0 Å². The Labute approximate surface area is 123 Å². The van der Waals surface area contributed by atoms with Gasteiger partial charge >= 0.3 is 11.9 Å². The summed E-state index contributed by atoms with van der Waals surface area (Å²) < 4.78 is 15.7. The highest BCUT2D eigenvalue weighted by Gasteiger charge is 2.13. The van der Waals surface area contributed by atoms with Crippen molar-refractivity contribution in [1.29, 1.82) is 0 Å². The van der Waals surface area contributed by atoms with Gasteiger partial charge in [0.25, 0.3) is 0 Å². The summed E-state index contributed by atoms with van der Waals surface area (Å²) in [5.74, 6) is -0.595. The highest BCUT2D eigenvalue weighted by Crippen LogP contribution is 2.14. The van der Waals surface area contributed by atoms with Gasteiger partial charge in [0, 0.05) is 4.47 Å². The summed E-state index contributed by atoms with van der Waals surface area (Å²) in [4.78, 5) is 22.9. The quantitative estimate of drug-likeness (QED) is 0.801. The second-order valence-electron chi connectivity index (χ2n) is 3.84. The van der Waals surface area contributed by atoms with Crippen LogP contribution in [-0.4, -0.2) is 19.0 Å². The fourth-order valence-electron chi connectivity index (χ4n) is 1.47. The van der Waals surface area contributed by atoms with Crippen LogP contribution in [-0.2, 0) is 16.1 Å². The summed E-state index contributed by atoms with van der Waals surface area (Å²) in [5, 5.41) is 0. The van der Waals surface area contributed by atoms with Crippen LogP contribution in [0.2, 0.25) is 0 Å². The van der Waals surface area contributed by atoms with Crippen LogP contribution in [0.4, 0.5) is 0 Å². The molecule has 1 aromatic heterocycles. The van der Waals surface area contributed by atoms with E-state index in [-0.39, 0.29) is 12.4 Å². The van der Waals surface area contributed by atoms with E-state index >= 15 is 0 Å². The summed E-state index contributed by atoms with van der Waals surface area (Å²) in [7, 11) is 1.26. The smallest absolute Gasteiger partial charge is 0.373 e. The van der Waals surface area contributed by atoms with Crippen LogP contribution in [0.1, 0.15) is 26.7 Å². The second kappa shape index (κ2) is 6.38. The Bertz CT molecular complexity index is 615. The summed E-state index contributed by atoms with van der Waals surface area (Å²) in [5.41, 5.74) is 0.438. The monoisotopic (exact) mass is 338 g/mol. The Balaban J connectivity index is 1.95. The third-order valence-corrected chi connectivity index (χ3v) is 3.00. The van der Waals surface area contributed by atoms with E-state index in [4.69, 9.17) is 9.15 Å². The van der Waals surface area contributed by atoms with Crippen molar-refractivity contribution >= 4 is 27.9 Å². The molecule has 2 rings (SSSR count). The fraction of sp³-hybridized carbons (Fsp3) is 0.143. The minimum Gasteiger partial charge on any atom is -0.463 e. The third-order valence-electron chi connectivity index (χ3n) is 2.47. The number of methoxy groups -OCH3 is 1. The van der Waals surface area contributed by atoms with E-state index in [1.807, 2.05) is 0 Å². The molecule has 0 bridgehead atoms. The van der Waals surface area contributed by atoms with Crippen molar-refractivity contribution < 1.29 is 23.5 Å². The molecular formula is C14H11BrO5. The molecule has 0 aliphatic rings. The maximum absolute atomic E-state index is 11.8. The number of rotatable bonds is 4. The zero-order chi connectivity index (χ0) is 14.5. The van der Waals surface area contributed by atoms with E-state index in [0.29, 0.717) is 11.3 Å². The Hall–Kier alpha value is -2.08. The normalized spacial score (nSPS) is 10.1. The van der Waals surface area contributed by atoms with Gasteiger partial charge in [0.15, 0.2) is 0 Å².